The van der Waals surface area contributed by atoms with Gasteiger partial charge in [-0.05, 0) is 64.3 Å². The van der Waals surface area contributed by atoms with Crippen molar-refractivity contribution in [3.05, 3.63) is 29.3 Å². The number of carbonyl (C=O) groups excluding carboxylic acids is 1. The molecule has 0 saturated carbocycles. The fourth-order valence-corrected chi connectivity index (χ4v) is 5.97. The molecular formula is C21H33N3O3S. The van der Waals surface area contributed by atoms with Crippen molar-refractivity contribution in [3.63, 3.8) is 0 Å². The third-order valence-electron chi connectivity index (χ3n) is 6.08. The molecule has 0 unspecified atom stereocenters. The number of hydrogen-bond donors (Lipinski definition) is 0. The Labute approximate surface area is 169 Å². The smallest absolute Gasteiger partial charge is 0.243 e. The average molecular weight is 408 g/mol. The summed E-state index contributed by atoms with van der Waals surface area (Å²) in [5.74, 6) is 0.0805. The molecule has 1 aromatic rings. The second kappa shape index (κ2) is 8.93. The Hall–Kier alpha value is -1.44. The standard InChI is InChI=1S/C21H33N3O3S/c1-17-6-7-20(18(2)16-17)28(26,27)24-12-8-19(9-13-24)21(25)22(3)14-15-23-10-4-5-11-23/h6-7,16,19H,4-5,8-15H2,1-3H3. The molecule has 2 fully saturated rings. The van der Waals surface area contributed by atoms with Crippen molar-refractivity contribution >= 4 is 15.9 Å². The summed E-state index contributed by atoms with van der Waals surface area (Å²) in [7, 11) is -1.63. The number of likely N-dealkylation sites (tertiary alicyclic amines) is 1. The largest absolute Gasteiger partial charge is 0.344 e. The Kier molecular flexibility index (Phi) is 6.78. The zero-order chi connectivity index (χ0) is 20.3. The predicted octanol–water partition coefficient (Wildman–Crippen LogP) is 2.26. The number of hydrogen-bond acceptors (Lipinski definition) is 4. The predicted molar refractivity (Wildman–Crippen MR) is 111 cm³/mol. The van der Waals surface area contributed by atoms with Crippen molar-refractivity contribution in [3.8, 4) is 0 Å². The van der Waals surface area contributed by atoms with Crippen molar-refractivity contribution in [2.45, 2.75) is 44.4 Å². The molecule has 28 heavy (non-hydrogen) atoms. The quantitative estimate of drug-likeness (QED) is 0.726. The van der Waals surface area contributed by atoms with Gasteiger partial charge >= 0.3 is 0 Å². The lowest BCUT2D eigenvalue weighted by Gasteiger charge is -2.33. The fourth-order valence-electron chi connectivity index (χ4n) is 4.29. The van der Waals surface area contributed by atoms with Gasteiger partial charge < -0.3 is 9.80 Å². The normalized spacial score (nSPS) is 19.8. The highest BCUT2D eigenvalue weighted by Crippen LogP contribution is 2.27. The van der Waals surface area contributed by atoms with Gasteiger partial charge in [0.1, 0.15) is 0 Å². The number of aryl methyl sites for hydroxylation is 2. The van der Waals surface area contributed by atoms with E-state index in [0.717, 1.165) is 37.3 Å². The molecule has 0 spiro atoms. The first-order chi connectivity index (χ1) is 13.3. The topological polar surface area (TPSA) is 60.9 Å². The van der Waals surface area contributed by atoms with Crippen LogP contribution in [0.4, 0.5) is 0 Å². The van der Waals surface area contributed by atoms with Crippen molar-refractivity contribution in [2.24, 2.45) is 5.92 Å². The van der Waals surface area contributed by atoms with Gasteiger partial charge in [-0.1, -0.05) is 17.7 Å². The molecule has 1 amide bonds. The number of amides is 1. The van der Waals surface area contributed by atoms with Gasteiger partial charge in [0.05, 0.1) is 4.90 Å². The van der Waals surface area contributed by atoms with Crippen LogP contribution in [0.1, 0.15) is 36.8 Å². The van der Waals surface area contributed by atoms with E-state index in [1.54, 1.807) is 10.4 Å². The van der Waals surface area contributed by atoms with Crippen LogP contribution in [0, 0.1) is 19.8 Å². The molecule has 2 aliphatic heterocycles. The number of sulfonamides is 1. The van der Waals surface area contributed by atoms with Gasteiger partial charge in [-0.15, -0.1) is 0 Å². The van der Waals surface area contributed by atoms with Crippen LogP contribution in [0.25, 0.3) is 0 Å². The molecule has 0 aromatic heterocycles. The minimum absolute atomic E-state index is 0.0749. The summed E-state index contributed by atoms with van der Waals surface area (Å²) in [6.45, 7) is 8.57. The molecule has 0 N–H and O–H groups in total. The minimum atomic E-state index is -3.50. The second-order valence-electron chi connectivity index (χ2n) is 8.26. The molecule has 2 saturated heterocycles. The van der Waals surface area contributed by atoms with Gasteiger partial charge in [0.15, 0.2) is 0 Å². The van der Waals surface area contributed by atoms with E-state index in [-0.39, 0.29) is 11.8 Å². The Bertz CT molecular complexity index is 795. The fraction of sp³-hybridized carbons (Fsp3) is 0.667. The molecule has 0 aliphatic carbocycles. The van der Waals surface area contributed by atoms with Crippen LogP contribution in [0.15, 0.2) is 23.1 Å². The van der Waals surface area contributed by atoms with Crippen LogP contribution in [-0.2, 0) is 14.8 Å². The van der Waals surface area contributed by atoms with E-state index in [4.69, 9.17) is 0 Å². The van der Waals surface area contributed by atoms with Gasteiger partial charge in [0.25, 0.3) is 0 Å². The number of benzene rings is 1. The first-order valence-corrected chi connectivity index (χ1v) is 11.8. The van der Waals surface area contributed by atoms with Crippen molar-refractivity contribution in [1.82, 2.24) is 14.1 Å². The third kappa shape index (κ3) is 4.75. The highest BCUT2D eigenvalue weighted by molar-refractivity contribution is 7.89. The molecule has 0 radical (unpaired) electrons. The molecule has 156 valence electrons. The highest BCUT2D eigenvalue weighted by Gasteiger charge is 2.33. The Morgan fingerprint density at radius 2 is 1.75 bits per heavy atom. The Balaban J connectivity index is 1.55. The number of likely N-dealkylation sites (N-methyl/N-ethyl adjacent to an activating group) is 1. The van der Waals surface area contributed by atoms with E-state index in [0.29, 0.717) is 30.8 Å². The zero-order valence-corrected chi connectivity index (χ0v) is 18.2. The number of piperidine rings is 1. The van der Waals surface area contributed by atoms with Gasteiger partial charge in [-0.3, -0.25) is 4.79 Å². The van der Waals surface area contributed by atoms with Crippen LogP contribution in [0.3, 0.4) is 0 Å². The minimum Gasteiger partial charge on any atom is -0.344 e. The first kappa shape index (κ1) is 21.3. The summed E-state index contributed by atoms with van der Waals surface area (Å²) in [4.78, 5) is 17.4. The van der Waals surface area contributed by atoms with E-state index in [1.807, 2.05) is 37.9 Å². The summed E-state index contributed by atoms with van der Waals surface area (Å²) in [6, 6.07) is 5.44. The molecule has 2 heterocycles. The SMILES string of the molecule is Cc1ccc(S(=O)(=O)N2CCC(C(=O)N(C)CCN3CCCC3)CC2)c(C)c1. The van der Waals surface area contributed by atoms with Gasteiger partial charge in [-0.2, -0.15) is 4.31 Å². The van der Waals surface area contributed by atoms with Gasteiger partial charge in [0, 0.05) is 39.1 Å². The number of nitrogens with zero attached hydrogens (tertiary/aromatic N) is 3. The van der Waals surface area contributed by atoms with E-state index >= 15 is 0 Å². The summed E-state index contributed by atoms with van der Waals surface area (Å²) in [5.41, 5.74) is 1.83. The monoisotopic (exact) mass is 407 g/mol. The summed E-state index contributed by atoms with van der Waals surface area (Å²) >= 11 is 0. The maximum absolute atomic E-state index is 13.0. The molecule has 6 nitrogen and oxygen atoms in total. The van der Waals surface area contributed by atoms with Crippen LogP contribution in [0.2, 0.25) is 0 Å². The van der Waals surface area contributed by atoms with Crippen molar-refractivity contribution < 1.29 is 13.2 Å². The molecule has 1 aromatic carbocycles. The summed E-state index contributed by atoms with van der Waals surface area (Å²) in [6.07, 6.45) is 3.70. The Morgan fingerprint density at radius 3 is 2.36 bits per heavy atom. The Morgan fingerprint density at radius 1 is 1.11 bits per heavy atom. The maximum atomic E-state index is 13.0. The van der Waals surface area contributed by atoms with Crippen LogP contribution in [-0.4, -0.2) is 74.7 Å². The van der Waals surface area contributed by atoms with Gasteiger partial charge in [0.2, 0.25) is 15.9 Å². The lowest BCUT2D eigenvalue weighted by Crippen LogP contribution is -2.44. The van der Waals surface area contributed by atoms with E-state index in [9.17, 15) is 13.2 Å². The second-order valence-corrected chi connectivity index (χ2v) is 10.2. The van der Waals surface area contributed by atoms with Gasteiger partial charge in [-0.25, -0.2) is 8.42 Å². The lowest BCUT2D eigenvalue weighted by molar-refractivity contribution is -0.135. The number of carbonyl (C=O) groups is 1. The number of rotatable bonds is 6. The average Bonchev–Trinajstić information content (AvgIpc) is 3.19. The van der Waals surface area contributed by atoms with Crippen LogP contribution >= 0.6 is 0 Å². The third-order valence-corrected chi connectivity index (χ3v) is 8.14. The maximum Gasteiger partial charge on any atom is 0.243 e. The van der Waals surface area contributed by atoms with E-state index in [1.165, 1.54) is 12.8 Å². The highest BCUT2D eigenvalue weighted by atomic mass is 32.2. The zero-order valence-electron chi connectivity index (χ0n) is 17.4. The van der Waals surface area contributed by atoms with E-state index in [2.05, 4.69) is 4.90 Å². The van der Waals surface area contributed by atoms with Crippen LogP contribution in [0.5, 0.6) is 0 Å². The molecule has 0 bridgehead atoms. The lowest BCUT2D eigenvalue weighted by atomic mass is 9.97. The molecule has 3 rings (SSSR count). The van der Waals surface area contributed by atoms with Crippen LogP contribution < -0.4 is 0 Å². The van der Waals surface area contributed by atoms with Crippen molar-refractivity contribution in [2.75, 3.05) is 46.3 Å². The molecule has 7 heteroatoms. The summed E-state index contributed by atoms with van der Waals surface area (Å²) in [5, 5.41) is 0. The van der Waals surface area contributed by atoms with Crippen molar-refractivity contribution in [1.29, 1.82) is 0 Å². The molecule has 2 aliphatic rings. The van der Waals surface area contributed by atoms with E-state index < -0.39 is 10.0 Å². The first-order valence-electron chi connectivity index (χ1n) is 10.3. The molecule has 0 atom stereocenters. The summed E-state index contributed by atoms with van der Waals surface area (Å²) < 4.78 is 27.5. The molecular weight excluding hydrogens is 374 g/mol.